The van der Waals surface area contributed by atoms with E-state index >= 15 is 0 Å². The van der Waals surface area contributed by atoms with Crippen LogP contribution in [0.5, 0.6) is 0 Å². The number of amides is 1. The van der Waals surface area contributed by atoms with Gasteiger partial charge < -0.3 is 11.1 Å². The molecule has 1 saturated carbocycles. The number of nitrogens with two attached hydrogens (primary N) is 1. The molecule has 0 radical (unpaired) electrons. The molecular weight excluding hydrogens is 224 g/mol. The summed E-state index contributed by atoms with van der Waals surface area (Å²) >= 11 is 0. The van der Waals surface area contributed by atoms with Gasteiger partial charge in [-0.1, -0.05) is 13.8 Å². The van der Waals surface area contributed by atoms with Gasteiger partial charge in [-0.05, 0) is 37.5 Å². The van der Waals surface area contributed by atoms with Crippen LogP contribution in [0.4, 0.5) is 0 Å². The fraction of sp³-hybridized carbons (Fsp3) is 0.917. The van der Waals surface area contributed by atoms with Crippen LogP contribution in [0.1, 0.15) is 46.0 Å². The highest BCUT2D eigenvalue weighted by atomic mass is 35.5. The Morgan fingerprint density at radius 1 is 1.31 bits per heavy atom. The van der Waals surface area contributed by atoms with E-state index in [4.69, 9.17) is 5.73 Å². The summed E-state index contributed by atoms with van der Waals surface area (Å²) in [6.07, 6.45) is 5.25. The lowest BCUT2D eigenvalue weighted by Crippen LogP contribution is -2.38. The normalized spacial score (nSPS) is 25.0. The summed E-state index contributed by atoms with van der Waals surface area (Å²) < 4.78 is 0. The first-order chi connectivity index (χ1) is 7.13. The highest BCUT2D eigenvalue weighted by Gasteiger charge is 2.23. The largest absolute Gasteiger partial charge is 0.353 e. The predicted molar refractivity (Wildman–Crippen MR) is 69.6 cm³/mol. The zero-order chi connectivity index (χ0) is 11.3. The van der Waals surface area contributed by atoms with E-state index in [9.17, 15) is 4.79 Å². The molecule has 0 unspecified atom stereocenters. The first-order valence-corrected chi connectivity index (χ1v) is 6.13. The van der Waals surface area contributed by atoms with Crippen molar-refractivity contribution in [3.05, 3.63) is 0 Å². The van der Waals surface area contributed by atoms with Gasteiger partial charge in [0, 0.05) is 19.0 Å². The van der Waals surface area contributed by atoms with Crippen molar-refractivity contribution >= 4 is 18.3 Å². The lowest BCUT2D eigenvalue weighted by Gasteiger charge is -2.31. The number of rotatable bonds is 4. The molecule has 0 spiro atoms. The molecule has 0 aromatic heterocycles. The Bertz CT molecular complexity index is 201. The highest BCUT2D eigenvalue weighted by molar-refractivity contribution is 5.85. The van der Waals surface area contributed by atoms with Crippen LogP contribution >= 0.6 is 12.4 Å². The molecule has 0 atom stereocenters. The van der Waals surface area contributed by atoms with E-state index in [1.54, 1.807) is 0 Å². The van der Waals surface area contributed by atoms with Crippen LogP contribution in [0.15, 0.2) is 0 Å². The number of nitrogens with one attached hydrogen (secondary N) is 1. The Balaban J connectivity index is 0.00000225. The third-order valence-corrected chi connectivity index (χ3v) is 3.45. The van der Waals surface area contributed by atoms with Crippen molar-refractivity contribution in [2.45, 2.75) is 52.0 Å². The van der Waals surface area contributed by atoms with Gasteiger partial charge in [0.2, 0.25) is 5.91 Å². The average molecular weight is 249 g/mol. The molecule has 1 amide bonds. The van der Waals surface area contributed by atoms with Crippen LogP contribution in [0, 0.1) is 11.8 Å². The zero-order valence-corrected chi connectivity index (χ0v) is 11.2. The minimum atomic E-state index is 0. The Morgan fingerprint density at radius 2 is 1.88 bits per heavy atom. The summed E-state index contributed by atoms with van der Waals surface area (Å²) in [6.45, 7) is 5.03. The lowest BCUT2D eigenvalue weighted by atomic mass is 9.80. The highest BCUT2D eigenvalue weighted by Crippen LogP contribution is 2.29. The standard InChI is InChI=1S/C12H24N2O.ClH/c1-9(2)10-3-5-11(6-4-10)14-12(15)7-8-13;/h9-11H,3-8,13H2,1-2H3,(H,14,15);1H. The van der Waals surface area contributed by atoms with Gasteiger partial charge in [-0.3, -0.25) is 4.79 Å². The van der Waals surface area contributed by atoms with E-state index in [1.165, 1.54) is 12.8 Å². The molecule has 1 rings (SSSR count). The summed E-state index contributed by atoms with van der Waals surface area (Å²) in [5.41, 5.74) is 5.34. The van der Waals surface area contributed by atoms with E-state index in [0.29, 0.717) is 19.0 Å². The third-order valence-electron chi connectivity index (χ3n) is 3.45. The number of carbonyl (C=O) groups is 1. The summed E-state index contributed by atoms with van der Waals surface area (Å²) in [4.78, 5) is 11.3. The van der Waals surface area contributed by atoms with Crippen molar-refractivity contribution in [2.75, 3.05) is 6.54 Å². The second-order valence-corrected chi connectivity index (χ2v) is 4.96. The molecule has 0 bridgehead atoms. The number of hydrogen-bond acceptors (Lipinski definition) is 2. The Hall–Kier alpha value is -0.280. The third kappa shape index (κ3) is 5.17. The molecule has 0 aromatic carbocycles. The molecule has 16 heavy (non-hydrogen) atoms. The molecule has 4 heteroatoms. The minimum absolute atomic E-state index is 0. The van der Waals surface area contributed by atoms with E-state index in [1.807, 2.05) is 0 Å². The van der Waals surface area contributed by atoms with Gasteiger partial charge in [-0.15, -0.1) is 12.4 Å². The molecule has 1 fully saturated rings. The minimum Gasteiger partial charge on any atom is -0.353 e. The van der Waals surface area contributed by atoms with Crippen molar-refractivity contribution in [1.29, 1.82) is 0 Å². The van der Waals surface area contributed by atoms with Crippen LogP contribution in [-0.2, 0) is 4.79 Å². The fourth-order valence-electron chi connectivity index (χ4n) is 2.36. The molecule has 3 nitrogen and oxygen atoms in total. The maximum atomic E-state index is 11.3. The van der Waals surface area contributed by atoms with Gasteiger partial charge in [0.1, 0.15) is 0 Å². The Kier molecular flexibility index (Phi) is 7.77. The molecule has 1 aliphatic rings. The van der Waals surface area contributed by atoms with Gasteiger partial charge in [0.05, 0.1) is 0 Å². The molecule has 0 aliphatic heterocycles. The maximum absolute atomic E-state index is 11.3. The topological polar surface area (TPSA) is 55.1 Å². The summed E-state index contributed by atoms with van der Waals surface area (Å²) in [7, 11) is 0. The van der Waals surface area contributed by atoms with Gasteiger partial charge >= 0.3 is 0 Å². The van der Waals surface area contributed by atoms with Crippen LogP contribution in [-0.4, -0.2) is 18.5 Å². The summed E-state index contributed by atoms with van der Waals surface area (Å²) in [5.74, 6) is 1.75. The second kappa shape index (κ2) is 7.91. The Morgan fingerprint density at radius 3 is 2.31 bits per heavy atom. The maximum Gasteiger partial charge on any atom is 0.221 e. The van der Waals surface area contributed by atoms with Gasteiger partial charge in [-0.2, -0.15) is 0 Å². The second-order valence-electron chi connectivity index (χ2n) is 4.96. The smallest absolute Gasteiger partial charge is 0.221 e. The zero-order valence-electron chi connectivity index (χ0n) is 10.4. The van der Waals surface area contributed by atoms with Crippen LogP contribution in [0.2, 0.25) is 0 Å². The first kappa shape index (κ1) is 15.7. The molecular formula is C12H25ClN2O. The van der Waals surface area contributed by atoms with E-state index < -0.39 is 0 Å². The Labute approximate surface area is 105 Å². The van der Waals surface area contributed by atoms with Crippen molar-refractivity contribution in [3.63, 3.8) is 0 Å². The molecule has 0 saturated heterocycles. The lowest BCUT2D eigenvalue weighted by molar-refractivity contribution is -0.121. The van der Waals surface area contributed by atoms with E-state index in [-0.39, 0.29) is 18.3 Å². The van der Waals surface area contributed by atoms with Crippen LogP contribution in [0.25, 0.3) is 0 Å². The summed E-state index contributed by atoms with van der Waals surface area (Å²) in [5, 5.41) is 3.06. The van der Waals surface area contributed by atoms with E-state index in [0.717, 1.165) is 24.7 Å². The van der Waals surface area contributed by atoms with Crippen LogP contribution in [0.3, 0.4) is 0 Å². The fourth-order valence-corrected chi connectivity index (χ4v) is 2.36. The molecule has 96 valence electrons. The van der Waals surface area contributed by atoms with Crippen molar-refractivity contribution < 1.29 is 4.79 Å². The quantitative estimate of drug-likeness (QED) is 0.801. The van der Waals surface area contributed by atoms with Gasteiger partial charge in [-0.25, -0.2) is 0 Å². The van der Waals surface area contributed by atoms with E-state index in [2.05, 4.69) is 19.2 Å². The monoisotopic (exact) mass is 248 g/mol. The van der Waals surface area contributed by atoms with Gasteiger partial charge in [0.25, 0.3) is 0 Å². The predicted octanol–water partition coefficient (Wildman–Crippen LogP) is 2.09. The molecule has 3 N–H and O–H groups in total. The molecule has 0 aromatic rings. The van der Waals surface area contributed by atoms with Crippen molar-refractivity contribution in [3.8, 4) is 0 Å². The number of hydrogen-bond donors (Lipinski definition) is 2. The van der Waals surface area contributed by atoms with Gasteiger partial charge in [0.15, 0.2) is 0 Å². The van der Waals surface area contributed by atoms with Crippen molar-refractivity contribution in [2.24, 2.45) is 17.6 Å². The average Bonchev–Trinajstić information content (AvgIpc) is 2.18. The molecule has 1 aliphatic carbocycles. The number of carbonyl (C=O) groups excluding carboxylic acids is 1. The molecule has 0 heterocycles. The summed E-state index contributed by atoms with van der Waals surface area (Å²) in [6, 6.07) is 0.402. The van der Waals surface area contributed by atoms with Crippen molar-refractivity contribution in [1.82, 2.24) is 5.32 Å². The number of halogens is 1. The van der Waals surface area contributed by atoms with Crippen LogP contribution < -0.4 is 11.1 Å². The SMILES string of the molecule is CC(C)C1CCC(NC(=O)CCN)CC1.Cl. The first-order valence-electron chi connectivity index (χ1n) is 6.13.